The first-order valence-electron chi connectivity index (χ1n) is 10.8. The number of nitrogens with zero attached hydrogens (tertiary/aromatic N) is 1. The third kappa shape index (κ3) is 8.84. The molecule has 0 aromatic rings. The van der Waals surface area contributed by atoms with Crippen LogP contribution in [0, 0.1) is 0 Å². The van der Waals surface area contributed by atoms with Gasteiger partial charge in [-0.3, -0.25) is 14.5 Å². The van der Waals surface area contributed by atoms with E-state index in [1.165, 1.54) is 10.8 Å². The third-order valence-electron chi connectivity index (χ3n) is 5.72. The van der Waals surface area contributed by atoms with Crippen molar-refractivity contribution in [2.24, 2.45) is 0 Å². The fraction of sp³-hybridized carbons (Fsp3) is 0.778. The molecule has 3 heterocycles. The van der Waals surface area contributed by atoms with Crippen LogP contribution in [0.15, 0.2) is 0 Å². The van der Waals surface area contributed by atoms with E-state index in [4.69, 9.17) is 0 Å². The minimum Gasteiger partial charge on any atom is -0.550 e. The number of hydrogen-bond acceptors (Lipinski definition) is 12. The van der Waals surface area contributed by atoms with Crippen LogP contribution in [0.1, 0.15) is 32.1 Å². The summed E-state index contributed by atoms with van der Waals surface area (Å²) in [5.41, 5.74) is 0. The fourth-order valence-electron chi connectivity index (χ4n) is 4.09. The molecule has 6 N–H and O–H groups in total. The molecule has 0 aromatic heterocycles. The van der Waals surface area contributed by atoms with Gasteiger partial charge in [-0.25, -0.2) is 4.79 Å². The summed E-state index contributed by atoms with van der Waals surface area (Å²) in [7, 11) is -1.95. The van der Waals surface area contributed by atoms with Crippen molar-refractivity contribution < 1.29 is 67.5 Å². The SMILES string of the molecule is O=C([O-])CC(SSCCNCCCCC1SC[C@@H]2NC(=O)N[C@H]12)N1C(=O)CC(S(O)(O)O)C1=O.[Na+]. The van der Waals surface area contributed by atoms with Gasteiger partial charge in [0.15, 0.2) is 0 Å². The maximum absolute atomic E-state index is 12.4. The predicted octanol–water partition coefficient (Wildman–Crippen LogP) is -2.89. The Morgan fingerprint density at radius 3 is 2.63 bits per heavy atom. The maximum Gasteiger partial charge on any atom is 1.00 e. The zero-order valence-corrected chi connectivity index (χ0v) is 24.5. The number of carboxylic acid groups (broad SMARTS) is 1. The zero-order valence-electron chi connectivity index (χ0n) is 19.2. The van der Waals surface area contributed by atoms with Gasteiger partial charge in [0.25, 0.3) is 0 Å². The fourth-order valence-corrected chi connectivity index (χ4v) is 8.85. The molecule has 4 amide bonds. The Balaban J connectivity index is 0.00000432. The van der Waals surface area contributed by atoms with E-state index in [-0.39, 0.29) is 47.7 Å². The molecule has 5 atom stereocenters. The molecule has 17 heteroatoms. The summed E-state index contributed by atoms with van der Waals surface area (Å²) >= 11 is 1.89. The summed E-state index contributed by atoms with van der Waals surface area (Å²) in [4.78, 5) is 47.8. The van der Waals surface area contributed by atoms with Gasteiger partial charge in [-0.2, -0.15) is 11.8 Å². The first-order valence-corrected chi connectivity index (χ1v) is 15.8. The molecular formula is C18H29N4NaO8S4. The Hall–Kier alpha value is 0.120. The van der Waals surface area contributed by atoms with E-state index in [9.17, 15) is 37.9 Å². The monoisotopic (exact) mass is 580 g/mol. The van der Waals surface area contributed by atoms with Gasteiger partial charge in [0, 0.05) is 35.7 Å². The molecule has 3 fully saturated rings. The van der Waals surface area contributed by atoms with Crippen LogP contribution in [0.5, 0.6) is 0 Å². The Morgan fingerprint density at radius 1 is 1.23 bits per heavy atom. The Kier molecular flexibility index (Phi) is 12.8. The van der Waals surface area contributed by atoms with Crippen LogP contribution in [0.25, 0.3) is 0 Å². The molecule has 0 spiro atoms. The van der Waals surface area contributed by atoms with Crippen molar-refractivity contribution in [2.75, 3.05) is 24.6 Å². The summed E-state index contributed by atoms with van der Waals surface area (Å²) in [6.07, 6.45) is 1.85. The van der Waals surface area contributed by atoms with E-state index in [1.807, 2.05) is 11.8 Å². The van der Waals surface area contributed by atoms with Gasteiger partial charge in [0.05, 0.1) is 29.4 Å². The van der Waals surface area contributed by atoms with Crippen LogP contribution < -0.4 is 50.6 Å². The van der Waals surface area contributed by atoms with Crippen molar-refractivity contribution in [2.45, 2.75) is 60.1 Å². The topological polar surface area (TPSA) is 191 Å². The molecular weight excluding hydrogens is 551 g/mol. The van der Waals surface area contributed by atoms with Crippen molar-refractivity contribution in [3.63, 3.8) is 0 Å². The molecule has 3 saturated heterocycles. The van der Waals surface area contributed by atoms with Crippen LogP contribution in [0.4, 0.5) is 4.79 Å². The summed E-state index contributed by atoms with van der Waals surface area (Å²) in [5.74, 6) is -1.68. The second kappa shape index (κ2) is 14.3. The smallest absolute Gasteiger partial charge is 0.550 e. The number of rotatable bonds is 14. The first-order chi connectivity index (χ1) is 16.1. The van der Waals surface area contributed by atoms with Crippen molar-refractivity contribution in [1.82, 2.24) is 20.9 Å². The molecule has 0 bridgehead atoms. The van der Waals surface area contributed by atoms with Gasteiger partial charge in [0.1, 0.15) is 10.6 Å². The normalized spacial score (nSPS) is 27.3. The number of thioether (sulfide) groups is 1. The van der Waals surface area contributed by atoms with E-state index in [1.54, 1.807) is 0 Å². The van der Waals surface area contributed by atoms with E-state index in [0.29, 0.717) is 22.4 Å². The average molecular weight is 581 g/mol. The quantitative estimate of drug-likeness (QED) is 0.0405. The number of carbonyl (C=O) groups is 4. The van der Waals surface area contributed by atoms with Gasteiger partial charge < -0.3 is 39.5 Å². The predicted molar refractivity (Wildman–Crippen MR) is 131 cm³/mol. The minimum atomic E-state index is -4.26. The Morgan fingerprint density at radius 2 is 1.97 bits per heavy atom. The summed E-state index contributed by atoms with van der Waals surface area (Å²) in [6, 6.07) is 0.358. The van der Waals surface area contributed by atoms with E-state index >= 15 is 0 Å². The molecule has 3 aliphatic heterocycles. The number of urea groups is 1. The number of imide groups is 1. The molecule has 0 radical (unpaired) electrons. The molecule has 0 saturated carbocycles. The van der Waals surface area contributed by atoms with Crippen LogP contribution in [-0.4, -0.2) is 94.9 Å². The molecule has 194 valence electrons. The van der Waals surface area contributed by atoms with E-state index in [0.717, 1.165) is 42.4 Å². The minimum absolute atomic E-state index is 0. The molecule has 0 aliphatic carbocycles. The number of nitrogens with one attached hydrogen (secondary N) is 3. The summed E-state index contributed by atoms with van der Waals surface area (Å²) in [6.45, 7) is 1.45. The number of likely N-dealkylation sites (tertiary alicyclic amines) is 1. The Labute approximate surface area is 239 Å². The molecule has 3 unspecified atom stereocenters. The van der Waals surface area contributed by atoms with Crippen molar-refractivity contribution >= 4 is 68.0 Å². The van der Waals surface area contributed by atoms with Gasteiger partial charge in [-0.15, -0.1) is 0 Å². The summed E-state index contributed by atoms with van der Waals surface area (Å²) in [5, 5.41) is 18.0. The Bertz CT molecular complexity index is 792. The molecule has 35 heavy (non-hydrogen) atoms. The standard InChI is InChI=1S/C18H30N4O8S4.Na/c23-13-7-12(34(28,29)30)17(26)22(13)14(8-15(24)25)33-32-6-5-19-4-2-1-3-11-16-10(9-31-11)20-18(27)21-16;/h10-12,14,16,19,28-30H,1-9H2,(H,24,25)(H2,20,21,27);/q;+1/p-1/t10-,11?,12?,14?,16-;/m0./s1. The number of aliphatic carboxylic acids is 1. The third-order valence-corrected chi connectivity index (χ3v) is 11.0. The van der Waals surface area contributed by atoms with Crippen LogP contribution in [0.2, 0.25) is 0 Å². The van der Waals surface area contributed by atoms with Gasteiger partial charge in [-0.1, -0.05) is 28.0 Å². The number of amides is 4. The van der Waals surface area contributed by atoms with Crippen LogP contribution in [0.3, 0.4) is 0 Å². The van der Waals surface area contributed by atoms with Gasteiger partial charge >= 0.3 is 35.6 Å². The molecule has 0 aromatic carbocycles. The van der Waals surface area contributed by atoms with Crippen LogP contribution >= 0.6 is 44.2 Å². The number of carbonyl (C=O) groups excluding carboxylic acids is 4. The number of hydrogen-bond donors (Lipinski definition) is 6. The zero-order chi connectivity index (χ0) is 24.9. The number of fused-ring (bicyclic) bond motifs is 1. The van der Waals surface area contributed by atoms with Crippen molar-refractivity contribution in [3.05, 3.63) is 0 Å². The second-order valence-electron chi connectivity index (χ2n) is 8.17. The molecule has 3 rings (SSSR count). The largest absolute Gasteiger partial charge is 1.00 e. The van der Waals surface area contributed by atoms with Crippen LogP contribution in [-0.2, 0) is 14.4 Å². The van der Waals surface area contributed by atoms with Gasteiger partial charge in [-0.05, 0) is 19.4 Å². The van der Waals surface area contributed by atoms with Crippen molar-refractivity contribution in [3.8, 4) is 0 Å². The number of carboxylic acids is 1. The average Bonchev–Trinajstić information content (AvgIpc) is 3.37. The first kappa shape index (κ1) is 31.3. The maximum atomic E-state index is 12.4. The van der Waals surface area contributed by atoms with E-state index < -0.39 is 52.1 Å². The van der Waals surface area contributed by atoms with Crippen molar-refractivity contribution in [1.29, 1.82) is 0 Å². The number of unbranched alkanes of at least 4 members (excludes halogenated alkanes) is 1. The second-order valence-corrected chi connectivity index (χ2v) is 13.8. The van der Waals surface area contributed by atoms with Gasteiger partial charge in [0.2, 0.25) is 11.8 Å². The summed E-state index contributed by atoms with van der Waals surface area (Å²) < 4.78 is 28.1. The van der Waals surface area contributed by atoms with E-state index in [2.05, 4.69) is 16.0 Å². The molecule has 3 aliphatic rings. The molecule has 12 nitrogen and oxygen atoms in total.